The number of nitrogens with two attached hydrogens (primary N) is 1. The third kappa shape index (κ3) is 5.92. The summed E-state index contributed by atoms with van der Waals surface area (Å²) in [7, 11) is -6.97. The standard InChI is InChI=1S/C22H27NO5S2/c23-22(24)21-9-5-4-8-19(21)16-30(27,28)20-12-10-18(11-13-20)15-29(25,26)14-17-6-2-1-3-7-17/h1-3,6-7,10-13,19,21H,4-5,8-9,14-16H2,(H2,23,24). The number of hydrogen-bond donors (Lipinski definition) is 1. The minimum atomic E-state index is -3.59. The van der Waals surface area contributed by atoms with E-state index in [1.807, 2.05) is 6.07 Å². The van der Waals surface area contributed by atoms with E-state index in [-0.39, 0.29) is 28.1 Å². The van der Waals surface area contributed by atoms with Crippen LogP contribution in [0.3, 0.4) is 0 Å². The molecular weight excluding hydrogens is 422 g/mol. The van der Waals surface area contributed by atoms with Gasteiger partial charge in [0.25, 0.3) is 0 Å². The molecule has 0 heterocycles. The number of carbonyl (C=O) groups is 1. The molecule has 2 N–H and O–H groups in total. The zero-order valence-electron chi connectivity index (χ0n) is 16.7. The lowest BCUT2D eigenvalue weighted by molar-refractivity contribution is -0.124. The van der Waals surface area contributed by atoms with Crippen molar-refractivity contribution in [1.29, 1.82) is 0 Å². The van der Waals surface area contributed by atoms with Crippen LogP contribution in [0.1, 0.15) is 36.8 Å². The summed E-state index contributed by atoms with van der Waals surface area (Å²) in [4.78, 5) is 11.8. The number of carbonyl (C=O) groups excluding carboxylic acids is 1. The predicted molar refractivity (Wildman–Crippen MR) is 116 cm³/mol. The van der Waals surface area contributed by atoms with Crippen LogP contribution < -0.4 is 5.73 Å². The highest BCUT2D eigenvalue weighted by Crippen LogP contribution is 2.32. The van der Waals surface area contributed by atoms with Crippen molar-refractivity contribution in [3.8, 4) is 0 Å². The molecule has 1 amide bonds. The Morgan fingerprint density at radius 3 is 2.00 bits per heavy atom. The molecule has 2 atom stereocenters. The number of amides is 1. The minimum absolute atomic E-state index is 0.0654. The van der Waals surface area contributed by atoms with Gasteiger partial charge in [0.1, 0.15) is 0 Å². The fourth-order valence-electron chi connectivity index (χ4n) is 4.09. The van der Waals surface area contributed by atoms with E-state index in [1.165, 1.54) is 12.1 Å². The maximum atomic E-state index is 12.8. The van der Waals surface area contributed by atoms with E-state index in [1.54, 1.807) is 36.4 Å². The molecule has 2 unspecified atom stereocenters. The molecule has 6 nitrogen and oxygen atoms in total. The summed E-state index contributed by atoms with van der Waals surface area (Å²) in [6.45, 7) is 0. The van der Waals surface area contributed by atoms with Gasteiger partial charge in [-0.2, -0.15) is 0 Å². The van der Waals surface area contributed by atoms with Crippen LogP contribution >= 0.6 is 0 Å². The van der Waals surface area contributed by atoms with Gasteiger partial charge >= 0.3 is 0 Å². The van der Waals surface area contributed by atoms with Gasteiger partial charge in [-0.05, 0) is 42.0 Å². The van der Waals surface area contributed by atoms with Crippen LogP contribution in [0.15, 0.2) is 59.5 Å². The predicted octanol–water partition coefficient (Wildman–Crippen LogP) is 2.87. The minimum Gasteiger partial charge on any atom is -0.369 e. The number of hydrogen-bond acceptors (Lipinski definition) is 5. The quantitative estimate of drug-likeness (QED) is 0.666. The second-order valence-corrected chi connectivity index (χ2v) is 12.1. The van der Waals surface area contributed by atoms with Crippen LogP contribution in [-0.4, -0.2) is 28.5 Å². The van der Waals surface area contributed by atoms with E-state index < -0.39 is 31.5 Å². The van der Waals surface area contributed by atoms with Gasteiger partial charge in [0.15, 0.2) is 19.7 Å². The molecule has 0 bridgehead atoms. The van der Waals surface area contributed by atoms with Crippen molar-refractivity contribution in [2.24, 2.45) is 17.6 Å². The van der Waals surface area contributed by atoms with E-state index in [2.05, 4.69) is 0 Å². The summed E-state index contributed by atoms with van der Waals surface area (Å²) < 4.78 is 50.6. The van der Waals surface area contributed by atoms with Crippen LogP contribution in [0.5, 0.6) is 0 Å². The zero-order valence-corrected chi connectivity index (χ0v) is 18.4. The van der Waals surface area contributed by atoms with Crippen LogP contribution in [-0.2, 0) is 36.0 Å². The van der Waals surface area contributed by atoms with E-state index in [0.29, 0.717) is 24.0 Å². The van der Waals surface area contributed by atoms with Crippen molar-refractivity contribution in [2.45, 2.75) is 42.1 Å². The maximum absolute atomic E-state index is 12.8. The van der Waals surface area contributed by atoms with Gasteiger partial charge in [0.2, 0.25) is 5.91 Å². The Morgan fingerprint density at radius 1 is 0.833 bits per heavy atom. The Kier molecular flexibility index (Phi) is 6.98. The van der Waals surface area contributed by atoms with Crippen molar-refractivity contribution in [3.63, 3.8) is 0 Å². The van der Waals surface area contributed by atoms with Crippen molar-refractivity contribution in [3.05, 3.63) is 65.7 Å². The van der Waals surface area contributed by atoms with Crippen molar-refractivity contribution in [1.82, 2.24) is 0 Å². The van der Waals surface area contributed by atoms with Gasteiger partial charge in [0.05, 0.1) is 22.2 Å². The van der Waals surface area contributed by atoms with Gasteiger partial charge in [-0.15, -0.1) is 0 Å². The van der Waals surface area contributed by atoms with Gasteiger partial charge in [-0.1, -0.05) is 55.3 Å². The molecule has 1 fully saturated rings. The van der Waals surface area contributed by atoms with E-state index >= 15 is 0 Å². The monoisotopic (exact) mass is 449 g/mol. The number of primary amides is 1. The van der Waals surface area contributed by atoms with Crippen LogP contribution in [0.2, 0.25) is 0 Å². The summed E-state index contributed by atoms with van der Waals surface area (Å²) in [5.74, 6) is -1.46. The molecule has 0 spiro atoms. The first kappa shape index (κ1) is 22.5. The molecule has 162 valence electrons. The SMILES string of the molecule is NC(=O)C1CCCCC1CS(=O)(=O)c1ccc(CS(=O)(=O)Cc2ccccc2)cc1. The van der Waals surface area contributed by atoms with Crippen LogP contribution in [0, 0.1) is 11.8 Å². The summed E-state index contributed by atoms with van der Waals surface area (Å²) >= 11 is 0. The van der Waals surface area contributed by atoms with Gasteiger partial charge < -0.3 is 5.73 Å². The molecule has 30 heavy (non-hydrogen) atoms. The molecule has 8 heteroatoms. The second-order valence-electron chi connectivity index (χ2n) is 8.00. The molecule has 0 radical (unpaired) electrons. The first-order chi connectivity index (χ1) is 14.2. The van der Waals surface area contributed by atoms with E-state index in [0.717, 1.165) is 12.8 Å². The topological polar surface area (TPSA) is 111 Å². The largest absolute Gasteiger partial charge is 0.369 e. The van der Waals surface area contributed by atoms with Crippen molar-refractivity contribution < 1.29 is 21.6 Å². The van der Waals surface area contributed by atoms with Crippen LogP contribution in [0.25, 0.3) is 0 Å². The third-order valence-electron chi connectivity index (χ3n) is 5.61. The van der Waals surface area contributed by atoms with Gasteiger partial charge in [0, 0.05) is 5.92 Å². The van der Waals surface area contributed by atoms with Crippen molar-refractivity contribution >= 4 is 25.6 Å². The second kappa shape index (κ2) is 9.31. The molecule has 1 aliphatic carbocycles. The smallest absolute Gasteiger partial charge is 0.220 e. The number of benzene rings is 2. The molecule has 0 saturated heterocycles. The Hall–Kier alpha value is -2.19. The molecule has 1 aliphatic rings. The number of rotatable bonds is 8. The summed E-state index contributed by atoms with van der Waals surface area (Å²) in [5.41, 5.74) is 6.71. The fourth-order valence-corrected chi connectivity index (χ4v) is 7.29. The lowest BCUT2D eigenvalue weighted by Gasteiger charge is -2.28. The molecule has 3 rings (SSSR count). The number of sulfone groups is 2. The highest BCUT2D eigenvalue weighted by atomic mass is 32.2. The van der Waals surface area contributed by atoms with Crippen LogP contribution in [0.4, 0.5) is 0 Å². The highest BCUT2D eigenvalue weighted by molar-refractivity contribution is 7.91. The van der Waals surface area contributed by atoms with E-state index in [4.69, 9.17) is 5.73 Å². The Labute approximate surface area is 178 Å². The molecule has 2 aromatic rings. The van der Waals surface area contributed by atoms with Gasteiger partial charge in [-0.25, -0.2) is 16.8 Å². The fraction of sp³-hybridized carbons (Fsp3) is 0.409. The summed E-state index contributed by atoms with van der Waals surface area (Å²) in [6, 6.07) is 14.9. The Balaban J connectivity index is 1.69. The average molecular weight is 450 g/mol. The summed E-state index contributed by atoms with van der Waals surface area (Å²) in [5, 5.41) is 0. The Morgan fingerprint density at radius 2 is 1.40 bits per heavy atom. The normalized spacial score (nSPS) is 20.0. The molecule has 0 aromatic heterocycles. The summed E-state index contributed by atoms with van der Waals surface area (Å²) in [6.07, 6.45) is 3.08. The third-order valence-corrected chi connectivity index (χ3v) is 9.01. The molecular formula is C22H27NO5S2. The zero-order chi connectivity index (χ0) is 21.8. The Bertz CT molecular complexity index is 1080. The lowest BCUT2D eigenvalue weighted by Crippen LogP contribution is -2.36. The molecule has 0 aliphatic heterocycles. The molecule has 1 saturated carbocycles. The first-order valence-electron chi connectivity index (χ1n) is 10.0. The molecule has 2 aromatic carbocycles. The van der Waals surface area contributed by atoms with Gasteiger partial charge in [-0.3, -0.25) is 4.79 Å². The average Bonchev–Trinajstić information content (AvgIpc) is 2.68. The maximum Gasteiger partial charge on any atom is 0.220 e. The van der Waals surface area contributed by atoms with Crippen molar-refractivity contribution in [2.75, 3.05) is 5.75 Å². The first-order valence-corrected chi connectivity index (χ1v) is 13.5. The van der Waals surface area contributed by atoms with E-state index in [9.17, 15) is 21.6 Å². The lowest BCUT2D eigenvalue weighted by atomic mass is 9.80. The highest BCUT2D eigenvalue weighted by Gasteiger charge is 2.33.